The van der Waals surface area contributed by atoms with Gasteiger partial charge in [0.05, 0.1) is 35.1 Å². The summed E-state index contributed by atoms with van der Waals surface area (Å²) in [5, 5.41) is 0. The van der Waals surface area contributed by atoms with Crippen LogP contribution in [-0.2, 0) is 4.74 Å². The number of esters is 1. The first kappa shape index (κ1) is 10.4. The van der Waals surface area contributed by atoms with E-state index in [1.165, 1.54) is 12.4 Å². The van der Waals surface area contributed by atoms with E-state index in [0.717, 1.165) is 0 Å². The van der Waals surface area contributed by atoms with Crippen LogP contribution in [0.5, 0.6) is 0 Å². The van der Waals surface area contributed by atoms with Crippen LogP contribution in [0.15, 0.2) is 24.5 Å². The van der Waals surface area contributed by atoms with E-state index in [9.17, 15) is 4.79 Å². The monoisotopic (exact) mass is 217 g/mol. The Bertz CT molecular complexity index is 540. The van der Waals surface area contributed by atoms with E-state index >= 15 is 0 Å². The molecule has 0 aliphatic rings. The van der Waals surface area contributed by atoms with Crippen LogP contribution >= 0.6 is 0 Å². The molecule has 5 heteroatoms. The number of fused-ring (bicyclic) bond motifs is 1. The first-order valence-electron chi connectivity index (χ1n) is 4.89. The zero-order valence-corrected chi connectivity index (χ0v) is 8.80. The van der Waals surface area contributed by atoms with Gasteiger partial charge in [0.25, 0.3) is 0 Å². The van der Waals surface area contributed by atoms with E-state index in [1.54, 1.807) is 19.1 Å². The van der Waals surface area contributed by atoms with Crippen molar-refractivity contribution in [3.8, 4) is 0 Å². The molecule has 82 valence electrons. The fourth-order valence-electron chi connectivity index (χ4n) is 1.34. The second-order valence-corrected chi connectivity index (χ2v) is 3.25. The number of ether oxygens (including phenoxy) is 1. The molecule has 0 bridgehead atoms. The van der Waals surface area contributed by atoms with Crippen molar-refractivity contribution in [2.75, 3.05) is 12.3 Å². The maximum atomic E-state index is 11.4. The molecule has 0 atom stereocenters. The molecular weight excluding hydrogens is 206 g/mol. The molecule has 0 saturated carbocycles. The third-order valence-electron chi connectivity index (χ3n) is 2.06. The molecule has 0 aliphatic heterocycles. The van der Waals surface area contributed by atoms with E-state index in [4.69, 9.17) is 10.5 Å². The second kappa shape index (κ2) is 4.14. The number of anilines is 1. The smallest absolute Gasteiger partial charge is 0.339 e. The first-order valence-corrected chi connectivity index (χ1v) is 4.89. The van der Waals surface area contributed by atoms with Crippen LogP contribution in [0.25, 0.3) is 11.0 Å². The molecule has 0 amide bonds. The Balaban J connectivity index is 2.44. The highest BCUT2D eigenvalue weighted by Gasteiger charge is 2.08. The van der Waals surface area contributed by atoms with Crippen molar-refractivity contribution in [2.45, 2.75) is 6.92 Å². The van der Waals surface area contributed by atoms with Gasteiger partial charge in [-0.05, 0) is 19.1 Å². The largest absolute Gasteiger partial charge is 0.462 e. The van der Waals surface area contributed by atoms with E-state index in [-0.39, 0.29) is 0 Å². The Hall–Kier alpha value is -2.17. The Morgan fingerprint density at radius 1 is 1.31 bits per heavy atom. The highest BCUT2D eigenvalue weighted by atomic mass is 16.5. The van der Waals surface area contributed by atoms with Crippen molar-refractivity contribution < 1.29 is 9.53 Å². The summed E-state index contributed by atoms with van der Waals surface area (Å²) in [7, 11) is 0. The number of carbonyl (C=O) groups is 1. The van der Waals surface area contributed by atoms with Crippen molar-refractivity contribution in [3.05, 3.63) is 30.1 Å². The van der Waals surface area contributed by atoms with Crippen molar-refractivity contribution in [2.24, 2.45) is 0 Å². The van der Waals surface area contributed by atoms with Gasteiger partial charge in [0, 0.05) is 6.20 Å². The van der Waals surface area contributed by atoms with Gasteiger partial charge in [0.15, 0.2) is 0 Å². The van der Waals surface area contributed by atoms with E-state index in [1.807, 2.05) is 0 Å². The van der Waals surface area contributed by atoms with Gasteiger partial charge < -0.3 is 10.5 Å². The number of hydrogen-bond acceptors (Lipinski definition) is 5. The van der Waals surface area contributed by atoms with Gasteiger partial charge >= 0.3 is 5.97 Å². The lowest BCUT2D eigenvalue weighted by Gasteiger charge is -2.02. The molecule has 0 spiro atoms. The standard InChI is InChI=1S/C11H11N3O2/c1-2-16-11(15)7-3-9-10(13-5-7)4-8(12)6-14-9/h3-6H,2,12H2,1H3. The number of pyridine rings is 2. The molecule has 2 N–H and O–H groups in total. The van der Waals surface area contributed by atoms with E-state index in [2.05, 4.69) is 9.97 Å². The molecular formula is C11H11N3O2. The average molecular weight is 217 g/mol. The Morgan fingerprint density at radius 2 is 2.00 bits per heavy atom. The Labute approximate surface area is 92.3 Å². The predicted molar refractivity (Wildman–Crippen MR) is 59.9 cm³/mol. The van der Waals surface area contributed by atoms with Crippen molar-refractivity contribution in [3.63, 3.8) is 0 Å². The number of rotatable bonds is 2. The summed E-state index contributed by atoms with van der Waals surface area (Å²) in [6.07, 6.45) is 2.99. The molecule has 0 unspecified atom stereocenters. The third kappa shape index (κ3) is 1.93. The molecule has 0 aliphatic carbocycles. The molecule has 16 heavy (non-hydrogen) atoms. The maximum Gasteiger partial charge on any atom is 0.339 e. The van der Waals surface area contributed by atoms with Crippen LogP contribution in [0.3, 0.4) is 0 Å². The van der Waals surface area contributed by atoms with Gasteiger partial charge in [0.2, 0.25) is 0 Å². The SMILES string of the molecule is CCOC(=O)c1cnc2cc(N)cnc2c1. The number of hydrogen-bond donors (Lipinski definition) is 1. The average Bonchev–Trinajstić information content (AvgIpc) is 2.28. The molecule has 0 saturated heterocycles. The quantitative estimate of drug-likeness (QED) is 0.769. The highest BCUT2D eigenvalue weighted by Crippen LogP contribution is 2.14. The van der Waals surface area contributed by atoms with Crippen LogP contribution in [-0.4, -0.2) is 22.5 Å². The predicted octanol–water partition coefficient (Wildman–Crippen LogP) is 1.39. The molecule has 0 radical (unpaired) electrons. The topological polar surface area (TPSA) is 78.1 Å². The molecule has 2 aromatic rings. The molecule has 0 fully saturated rings. The minimum atomic E-state index is -0.393. The van der Waals surface area contributed by atoms with Crippen molar-refractivity contribution in [1.82, 2.24) is 9.97 Å². The number of nitrogen functional groups attached to an aromatic ring is 1. The fraction of sp³-hybridized carbons (Fsp3) is 0.182. The first-order chi connectivity index (χ1) is 7.70. The lowest BCUT2D eigenvalue weighted by atomic mass is 10.2. The summed E-state index contributed by atoms with van der Waals surface area (Å²) in [4.78, 5) is 19.6. The summed E-state index contributed by atoms with van der Waals surface area (Å²) in [6, 6.07) is 3.34. The van der Waals surface area contributed by atoms with Crippen LogP contribution in [0.4, 0.5) is 5.69 Å². The van der Waals surface area contributed by atoms with Gasteiger partial charge in [0.1, 0.15) is 0 Å². The number of nitrogens with zero attached hydrogens (tertiary/aromatic N) is 2. The van der Waals surface area contributed by atoms with Crippen molar-refractivity contribution in [1.29, 1.82) is 0 Å². The summed E-state index contributed by atoms with van der Waals surface area (Å²) >= 11 is 0. The lowest BCUT2D eigenvalue weighted by Crippen LogP contribution is -2.05. The molecule has 5 nitrogen and oxygen atoms in total. The lowest BCUT2D eigenvalue weighted by molar-refractivity contribution is 0.0526. The number of carbonyl (C=O) groups excluding carboxylic acids is 1. The van der Waals surface area contributed by atoms with Gasteiger partial charge in [-0.15, -0.1) is 0 Å². The Kier molecular flexibility index (Phi) is 2.68. The fourth-order valence-corrected chi connectivity index (χ4v) is 1.34. The van der Waals surface area contributed by atoms with E-state index < -0.39 is 5.97 Å². The van der Waals surface area contributed by atoms with Crippen LogP contribution in [0.1, 0.15) is 17.3 Å². The number of nitrogens with two attached hydrogens (primary N) is 1. The maximum absolute atomic E-state index is 11.4. The van der Waals surface area contributed by atoms with Gasteiger partial charge in [-0.2, -0.15) is 0 Å². The summed E-state index contributed by atoms with van der Waals surface area (Å²) in [5.74, 6) is -0.393. The van der Waals surface area contributed by atoms with Crippen molar-refractivity contribution >= 4 is 22.7 Å². The summed E-state index contributed by atoms with van der Waals surface area (Å²) < 4.78 is 4.87. The highest BCUT2D eigenvalue weighted by molar-refractivity contribution is 5.92. The zero-order valence-electron chi connectivity index (χ0n) is 8.80. The molecule has 0 aromatic carbocycles. The van der Waals surface area contributed by atoms with Crippen LogP contribution < -0.4 is 5.73 Å². The van der Waals surface area contributed by atoms with Gasteiger partial charge in [-0.3, -0.25) is 9.97 Å². The second-order valence-electron chi connectivity index (χ2n) is 3.25. The molecule has 2 heterocycles. The molecule has 2 aromatic heterocycles. The summed E-state index contributed by atoms with van der Waals surface area (Å²) in [5.41, 5.74) is 7.80. The minimum absolute atomic E-state index is 0.339. The normalized spacial score (nSPS) is 10.3. The van der Waals surface area contributed by atoms with Gasteiger partial charge in [-0.1, -0.05) is 0 Å². The van der Waals surface area contributed by atoms with Crippen LogP contribution in [0, 0.1) is 0 Å². The van der Waals surface area contributed by atoms with Gasteiger partial charge in [-0.25, -0.2) is 4.79 Å². The minimum Gasteiger partial charge on any atom is -0.462 e. The zero-order chi connectivity index (χ0) is 11.5. The number of aromatic nitrogens is 2. The summed E-state index contributed by atoms with van der Waals surface area (Å²) in [6.45, 7) is 2.09. The third-order valence-corrected chi connectivity index (χ3v) is 2.06. The molecule has 2 rings (SSSR count). The van der Waals surface area contributed by atoms with E-state index in [0.29, 0.717) is 28.9 Å². The van der Waals surface area contributed by atoms with Crippen LogP contribution in [0.2, 0.25) is 0 Å². The Morgan fingerprint density at radius 3 is 2.75 bits per heavy atom.